The number of nitrogens with one attached hydrogen (secondary N) is 2. The first-order valence-corrected chi connectivity index (χ1v) is 7.95. The van der Waals surface area contributed by atoms with Crippen molar-refractivity contribution in [2.45, 2.75) is 13.3 Å². The number of carbonyl (C=O) groups excluding carboxylic acids is 2. The summed E-state index contributed by atoms with van der Waals surface area (Å²) < 4.78 is 5.06. The molecule has 0 bridgehead atoms. The maximum atomic E-state index is 12.0. The summed E-state index contributed by atoms with van der Waals surface area (Å²) in [5, 5.41) is 5.68. The molecular formula is C18H18N2O3S. The van der Waals surface area contributed by atoms with E-state index >= 15 is 0 Å². The van der Waals surface area contributed by atoms with E-state index in [0.717, 1.165) is 6.42 Å². The van der Waals surface area contributed by atoms with E-state index in [9.17, 15) is 9.59 Å². The Morgan fingerprint density at radius 1 is 1.00 bits per heavy atom. The number of anilines is 1. The first kappa shape index (κ1) is 17.6. The van der Waals surface area contributed by atoms with Crippen molar-refractivity contribution in [3.8, 4) is 0 Å². The van der Waals surface area contributed by atoms with Crippen LogP contribution in [0.3, 0.4) is 0 Å². The van der Waals surface area contributed by atoms with Gasteiger partial charge >= 0.3 is 5.97 Å². The number of benzene rings is 2. The van der Waals surface area contributed by atoms with Crippen LogP contribution >= 0.6 is 12.2 Å². The first-order valence-electron chi connectivity index (χ1n) is 7.54. The largest absolute Gasteiger partial charge is 0.462 e. The molecular weight excluding hydrogens is 324 g/mol. The van der Waals surface area contributed by atoms with Gasteiger partial charge in [0, 0.05) is 11.3 Å². The smallest absolute Gasteiger partial charge is 0.338 e. The number of hydrogen-bond donors (Lipinski definition) is 2. The van der Waals surface area contributed by atoms with E-state index in [4.69, 9.17) is 17.0 Å². The summed E-state index contributed by atoms with van der Waals surface area (Å²) in [7, 11) is 0. The van der Waals surface area contributed by atoms with Crippen molar-refractivity contribution in [3.05, 3.63) is 65.7 Å². The highest BCUT2D eigenvalue weighted by atomic mass is 32.1. The zero-order chi connectivity index (χ0) is 17.4. The highest BCUT2D eigenvalue weighted by molar-refractivity contribution is 7.80. The molecule has 6 heteroatoms. The molecule has 0 unspecified atom stereocenters. The minimum absolute atomic E-state index is 0.185. The van der Waals surface area contributed by atoms with E-state index in [1.54, 1.807) is 48.5 Å². The minimum Gasteiger partial charge on any atom is -0.462 e. The topological polar surface area (TPSA) is 67.4 Å². The molecule has 2 aromatic rings. The molecule has 0 aliphatic heterocycles. The summed E-state index contributed by atoms with van der Waals surface area (Å²) in [6, 6.07) is 15.5. The lowest BCUT2D eigenvalue weighted by Crippen LogP contribution is -2.34. The van der Waals surface area contributed by atoms with Crippen molar-refractivity contribution < 1.29 is 14.3 Å². The minimum atomic E-state index is -0.358. The maximum Gasteiger partial charge on any atom is 0.338 e. The maximum absolute atomic E-state index is 12.0. The van der Waals surface area contributed by atoms with Crippen molar-refractivity contribution in [2.75, 3.05) is 11.9 Å². The molecule has 0 saturated carbocycles. The average molecular weight is 342 g/mol. The van der Waals surface area contributed by atoms with Crippen LogP contribution in [-0.2, 0) is 4.74 Å². The van der Waals surface area contributed by atoms with Gasteiger partial charge in [0.2, 0.25) is 0 Å². The number of hydrogen-bond acceptors (Lipinski definition) is 4. The SMILES string of the molecule is CCCOC(=O)c1ccc(NC(=S)NC(=O)c2ccccc2)cc1. The van der Waals surface area contributed by atoms with Gasteiger partial charge in [0.05, 0.1) is 12.2 Å². The molecule has 0 saturated heterocycles. The molecule has 0 atom stereocenters. The summed E-state index contributed by atoms with van der Waals surface area (Å²) in [6.07, 6.45) is 0.779. The Balaban J connectivity index is 1.90. The zero-order valence-electron chi connectivity index (χ0n) is 13.2. The van der Waals surface area contributed by atoms with E-state index in [2.05, 4.69) is 10.6 Å². The Morgan fingerprint density at radius 2 is 1.67 bits per heavy atom. The van der Waals surface area contributed by atoms with Gasteiger partial charge in [0.25, 0.3) is 5.91 Å². The van der Waals surface area contributed by atoms with Crippen LogP contribution in [0.25, 0.3) is 0 Å². The molecule has 2 N–H and O–H groups in total. The van der Waals surface area contributed by atoms with Gasteiger partial charge in [-0.05, 0) is 55.0 Å². The van der Waals surface area contributed by atoms with Crippen LogP contribution in [-0.4, -0.2) is 23.6 Å². The fraction of sp³-hybridized carbons (Fsp3) is 0.167. The second kappa shape index (κ2) is 8.79. The summed E-state index contributed by atoms with van der Waals surface area (Å²) in [4.78, 5) is 23.7. The second-order valence-electron chi connectivity index (χ2n) is 4.99. The fourth-order valence-corrected chi connectivity index (χ4v) is 2.11. The van der Waals surface area contributed by atoms with Crippen LogP contribution < -0.4 is 10.6 Å². The van der Waals surface area contributed by atoms with Crippen molar-refractivity contribution in [2.24, 2.45) is 0 Å². The van der Waals surface area contributed by atoms with Gasteiger partial charge < -0.3 is 10.1 Å². The van der Waals surface area contributed by atoms with Gasteiger partial charge in [0.1, 0.15) is 0 Å². The summed E-state index contributed by atoms with van der Waals surface area (Å²) in [6.45, 7) is 2.33. The van der Waals surface area contributed by atoms with Crippen LogP contribution in [0.2, 0.25) is 0 Å². The van der Waals surface area contributed by atoms with Gasteiger partial charge in [-0.25, -0.2) is 4.79 Å². The standard InChI is InChI=1S/C18H18N2O3S/c1-2-12-23-17(22)14-8-10-15(11-9-14)19-18(24)20-16(21)13-6-4-3-5-7-13/h3-11H,2,12H2,1H3,(H2,19,20,21,24). The Morgan fingerprint density at radius 3 is 2.29 bits per heavy atom. The molecule has 0 spiro atoms. The molecule has 0 aliphatic carbocycles. The van der Waals surface area contributed by atoms with Crippen molar-refractivity contribution in [3.63, 3.8) is 0 Å². The third kappa shape index (κ3) is 5.17. The Bertz CT molecular complexity index is 715. The van der Waals surface area contributed by atoms with Crippen LogP contribution in [0.5, 0.6) is 0 Å². The summed E-state index contributed by atoms with van der Waals surface area (Å²) in [5.41, 5.74) is 1.66. The lowest BCUT2D eigenvalue weighted by atomic mass is 10.2. The Kier molecular flexibility index (Phi) is 6.45. The van der Waals surface area contributed by atoms with Gasteiger partial charge in [-0.2, -0.15) is 0 Å². The number of amides is 1. The number of ether oxygens (including phenoxy) is 1. The monoisotopic (exact) mass is 342 g/mol. The predicted molar refractivity (Wildman–Crippen MR) is 97.1 cm³/mol. The average Bonchev–Trinajstić information content (AvgIpc) is 2.61. The number of carbonyl (C=O) groups is 2. The molecule has 0 aliphatic rings. The Hall–Kier alpha value is -2.73. The lowest BCUT2D eigenvalue weighted by Gasteiger charge is -2.10. The third-order valence-corrected chi connectivity index (χ3v) is 3.28. The number of thiocarbonyl (C=S) groups is 1. The molecule has 0 heterocycles. The lowest BCUT2D eigenvalue weighted by molar-refractivity contribution is 0.0505. The Labute approximate surface area is 146 Å². The van der Waals surface area contributed by atoms with E-state index in [1.807, 2.05) is 13.0 Å². The molecule has 5 nitrogen and oxygen atoms in total. The molecule has 0 aromatic heterocycles. The van der Waals surface area contributed by atoms with Gasteiger partial charge in [-0.3, -0.25) is 10.1 Å². The quantitative estimate of drug-likeness (QED) is 0.644. The summed E-state index contributed by atoms with van der Waals surface area (Å²) >= 11 is 5.12. The molecule has 24 heavy (non-hydrogen) atoms. The fourth-order valence-electron chi connectivity index (χ4n) is 1.89. The highest BCUT2D eigenvalue weighted by Crippen LogP contribution is 2.11. The van der Waals surface area contributed by atoms with Crippen LogP contribution in [0.1, 0.15) is 34.1 Å². The van der Waals surface area contributed by atoms with Crippen LogP contribution in [0.4, 0.5) is 5.69 Å². The van der Waals surface area contributed by atoms with Gasteiger partial charge in [-0.1, -0.05) is 25.1 Å². The second-order valence-corrected chi connectivity index (χ2v) is 5.40. The molecule has 124 valence electrons. The molecule has 2 aromatic carbocycles. The normalized spacial score (nSPS) is 9.88. The molecule has 0 radical (unpaired) electrons. The molecule has 2 rings (SSSR count). The van der Waals surface area contributed by atoms with Gasteiger partial charge in [-0.15, -0.1) is 0 Å². The van der Waals surface area contributed by atoms with Gasteiger partial charge in [0.15, 0.2) is 5.11 Å². The third-order valence-electron chi connectivity index (χ3n) is 3.08. The zero-order valence-corrected chi connectivity index (χ0v) is 14.1. The van der Waals surface area contributed by atoms with Crippen LogP contribution in [0, 0.1) is 0 Å². The molecule has 0 fully saturated rings. The predicted octanol–water partition coefficient (Wildman–Crippen LogP) is 3.38. The number of rotatable bonds is 5. The number of esters is 1. The summed E-state index contributed by atoms with van der Waals surface area (Å²) in [5.74, 6) is -0.642. The first-order chi connectivity index (χ1) is 11.6. The van der Waals surface area contributed by atoms with E-state index in [1.165, 1.54) is 0 Å². The van der Waals surface area contributed by atoms with Crippen molar-refractivity contribution >= 4 is 34.9 Å². The van der Waals surface area contributed by atoms with E-state index in [-0.39, 0.29) is 17.0 Å². The van der Waals surface area contributed by atoms with E-state index in [0.29, 0.717) is 23.4 Å². The van der Waals surface area contributed by atoms with E-state index < -0.39 is 0 Å². The van der Waals surface area contributed by atoms with Crippen molar-refractivity contribution in [1.29, 1.82) is 0 Å². The van der Waals surface area contributed by atoms with Crippen LogP contribution in [0.15, 0.2) is 54.6 Å². The van der Waals surface area contributed by atoms with Crippen molar-refractivity contribution in [1.82, 2.24) is 5.32 Å². The molecule has 1 amide bonds. The highest BCUT2D eigenvalue weighted by Gasteiger charge is 2.09.